The van der Waals surface area contributed by atoms with Crippen molar-refractivity contribution in [2.24, 2.45) is 0 Å². The van der Waals surface area contributed by atoms with Crippen LogP contribution in [0.1, 0.15) is 46.7 Å². The molecule has 8 nitrogen and oxygen atoms in total. The monoisotopic (exact) mass is 461 g/mol. The number of nitrogens with zero attached hydrogens (tertiary/aromatic N) is 4. The van der Waals surface area contributed by atoms with Gasteiger partial charge in [0.25, 0.3) is 0 Å². The number of carbonyl (C=O) groups is 2. The van der Waals surface area contributed by atoms with Crippen LogP contribution in [0.2, 0.25) is 0 Å². The molecule has 1 saturated carbocycles. The molecule has 5 rings (SSSR count). The molecule has 2 fully saturated rings. The number of Topliss-reactive ketones (excluding diaryl/α,β-unsaturated/α-hetero) is 1. The number of methoxy groups -OCH3 is 1. The molecule has 1 saturated heterocycles. The standard InChI is InChI=1S/C26H31N5O3/c1-17(32)18-4-7-21(8-5-18)29-10-12-30(13-11-29)24-9-6-19-14-23(26(33)34-3)31(25(19)28-24)22-15-20(16-22)27-2/h4-9,14,20,22,27H,10-13,15-16H2,1-3H3. The largest absolute Gasteiger partial charge is 0.464 e. The van der Waals surface area contributed by atoms with Crippen molar-refractivity contribution in [3.63, 3.8) is 0 Å². The van der Waals surface area contributed by atoms with Crippen LogP contribution in [0.3, 0.4) is 0 Å². The second-order valence-electron chi connectivity index (χ2n) is 9.16. The molecule has 0 radical (unpaired) electrons. The number of nitrogens with one attached hydrogen (secondary N) is 1. The Balaban J connectivity index is 1.36. The third-order valence-electron chi connectivity index (χ3n) is 7.19. The quantitative estimate of drug-likeness (QED) is 0.446. The van der Waals surface area contributed by atoms with Crippen LogP contribution in [0.25, 0.3) is 11.0 Å². The van der Waals surface area contributed by atoms with Crippen molar-refractivity contribution in [1.82, 2.24) is 14.9 Å². The molecule has 34 heavy (non-hydrogen) atoms. The van der Waals surface area contributed by atoms with Gasteiger partial charge in [-0.25, -0.2) is 9.78 Å². The van der Waals surface area contributed by atoms with Gasteiger partial charge in [-0.2, -0.15) is 0 Å². The Kier molecular flexibility index (Phi) is 6.00. The van der Waals surface area contributed by atoms with Crippen molar-refractivity contribution in [2.45, 2.75) is 31.8 Å². The molecule has 0 spiro atoms. The van der Waals surface area contributed by atoms with Crippen LogP contribution in [0.5, 0.6) is 0 Å². The molecule has 0 amide bonds. The van der Waals surface area contributed by atoms with Crippen LogP contribution in [-0.4, -0.2) is 67.7 Å². The lowest BCUT2D eigenvalue weighted by Gasteiger charge is -2.38. The Morgan fingerprint density at radius 3 is 2.29 bits per heavy atom. The van der Waals surface area contributed by atoms with Crippen molar-refractivity contribution in [3.05, 3.63) is 53.7 Å². The fourth-order valence-electron chi connectivity index (χ4n) is 5.03. The average Bonchev–Trinajstić information content (AvgIpc) is 3.21. The Labute approximate surface area is 199 Å². The van der Waals surface area contributed by atoms with Gasteiger partial charge in [-0.05, 0) is 69.3 Å². The zero-order valence-corrected chi connectivity index (χ0v) is 20.0. The number of carbonyl (C=O) groups excluding carboxylic acids is 2. The number of rotatable bonds is 6. The second-order valence-corrected chi connectivity index (χ2v) is 9.16. The maximum Gasteiger partial charge on any atom is 0.354 e. The highest BCUT2D eigenvalue weighted by molar-refractivity contribution is 5.95. The molecule has 2 aromatic heterocycles. The van der Waals surface area contributed by atoms with Crippen LogP contribution >= 0.6 is 0 Å². The van der Waals surface area contributed by atoms with Crippen molar-refractivity contribution < 1.29 is 14.3 Å². The predicted octanol–water partition coefficient (Wildman–Crippen LogP) is 3.28. The van der Waals surface area contributed by atoms with E-state index in [9.17, 15) is 9.59 Å². The van der Waals surface area contributed by atoms with E-state index >= 15 is 0 Å². The number of pyridine rings is 1. The highest BCUT2D eigenvalue weighted by Crippen LogP contribution is 2.37. The maximum atomic E-state index is 12.5. The van der Waals surface area contributed by atoms with E-state index in [1.165, 1.54) is 7.11 Å². The Bertz CT molecular complexity index is 1210. The summed E-state index contributed by atoms with van der Waals surface area (Å²) in [5.74, 6) is 0.692. The molecule has 2 aliphatic rings. The summed E-state index contributed by atoms with van der Waals surface area (Å²) in [7, 11) is 3.40. The lowest BCUT2D eigenvalue weighted by molar-refractivity contribution is 0.0580. The number of ether oxygens (including phenoxy) is 1. The minimum Gasteiger partial charge on any atom is -0.464 e. The average molecular weight is 462 g/mol. The van der Waals surface area contributed by atoms with Gasteiger partial charge >= 0.3 is 5.97 Å². The summed E-state index contributed by atoms with van der Waals surface area (Å²) in [6.45, 7) is 5.04. The van der Waals surface area contributed by atoms with Crippen molar-refractivity contribution in [2.75, 3.05) is 50.1 Å². The number of ketones is 1. The van der Waals surface area contributed by atoms with Crippen LogP contribution in [-0.2, 0) is 4.74 Å². The Morgan fingerprint density at radius 1 is 1.00 bits per heavy atom. The number of piperazine rings is 1. The van der Waals surface area contributed by atoms with E-state index in [4.69, 9.17) is 9.72 Å². The first-order valence-corrected chi connectivity index (χ1v) is 11.9. The van der Waals surface area contributed by atoms with E-state index in [0.29, 0.717) is 11.7 Å². The lowest BCUT2D eigenvalue weighted by Crippen LogP contribution is -2.46. The molecule has 0 atom stereocenters. The third kappa shape index (κ3) is 4.03. The van der Waals surface area contributed by atoms with Gasteiger partial charge in [0.2, 0.25) is 0 Å². The zero-order valence-electron chi connectivity index (χ0n) is 20.0. The van der Waals surface area contributed by atoms with Crippen molar-refractivity contribution in [3.8, 4) is 0 Å². The Hall–Kier alpha value is -3.39. The van der Waals surface area contributed by atoms with Gasteiger partial charge in [-0.1, -0.05) is 0 Å². The summed E-state index contributed by atoms with van der Waals surface area (Å²) in [5, 5.41) is 4.27. The summed E-state index contributed by atoms with van der Waals surface area (Å²) in [6, 6.07) is 14.5. The SMILES string of the molecule is CNC1CC(n2c(C(=O)OC)cc3ccc(N4CCN(c5ccc(C(C)=O)cc5)CC4)nc32)C1. The minimum atomic E-state index is -0.322. The molecule has 0 bridgehead atoms. The third-order valence-corrected chi connectivity index (χ3v) is 7.19. The molecule has 8 heteroatoms. The molecule has 0 unspecified atom stereocenters. The molecule has 3 aromatic rings. The smallest absolute Gasteiger partial charge is 0.354 e. The summed E-state index contributed by atoms with van der Waals surface area (Å²) in [5.41, 5.74) is 3.29. The number of hydrogen-bond acceptors (Lipinski definition) is 7. The normalized spacial score (nSPS) is 20.3. The second kappa shape index (κ2) is 9.10. The Morgan fingerprint density at radius 2 is 1.68 bits per heavy atom. The number of benzene rings is 1. The summed E-state index contributed by atoms with van der Waals surface area (Å²) >= 11 is 0. The number of fused-ring (bicyclic) bond motifs is 1. The summed E-state index contributed by atoms with van der Waals surface area (Å²) in [4.78, 5) is 33.7. The van der Waals surface area contributed by atoms with Crippen molar-refractivity contribution in [1.29, 1.82) is 0 Å². The molecule has 1 aliphatic heterocycles. The van der Waals surface area contributed by atoms with E-state index in [0.717, 1.165) is 67.1 Å². The molecule has 3 heterocycles. The zero-order chi connectivity index (χ0) is 23.8. The first kappa shape index (κ1) is 22.4. The summed E-state index contributed by atoms with van der Waals surface area (Å²) < 4.78 is 7.14. The molecular weight excluding hydrogens is 430 g/mol. The molecule has 1 N–H and O–H groups in total. The summed E-state index contributed by atoms with van der Waals surface area (Å²) in [6.07, 6.45) is 1.94. The number of anilines is 2. The fraction of sp³-hybridized carbons (Fsp3) is 0.423. The maximum absolute atomic E-state index is 12.5. The van der Waals surface area contributed by atoms with Crippen LogP contribution < -0.4 is 15.1 Å². The van der Waals surface area contributed by atoms with Gasteiger partial charge in [0, 0.05) is 54.9 Å². The van der Waals surface area contributed by atoms with Crippen LogP contribution in [0, 0.1) is 0 Å². The molecule has 178 valence electrons. The van der Waals surface area contributed by atoms with Crippen molar-refractivity contribution >= 4 is 34.3 Å². The van der Waals surface area contributed by atoms with Gasteiger partial charge in [-0.3, -0.25) is 4.79 Å². The van der Waals surface area contributed by atoms with E-state index < -0.39 is 0 Å². The molecule has 1 aliphatic carbocycles. The van der Waals surface area contributed by atoms with E-state index in [2.05, 4.69) is 25.8 Å². The number of aromatic nitrogens is 2. The first-order chi connectivity index (χ1) is 16.5. The highest BCUT2D eigenvalue weighted by Gasteiger charge is 2.33. The highest BCUT2D eigenvalue weighted by atomic mass is 16.5. The number of hydrogen-bond donors (Lipinski definition) is 1. The minimum absolute atomic E-state index is 0.0846. The van der Waals surface area contributed by atoms with Gasteiger partial charge in [0.15, 0.2) is 5.78 Å². The van der Waals surface area contributed by atoms with E-state index in [-0.39, 0.29) is 17.8 Å². The lowest BCUT2D eigenvalue weighted by atomic mass is 9.86. The van der Waals surface area contributed by atoms with Crippen LogP contribution in [0.4, 0.5) is 11.5 Å². The van der Waals surface area contributed by atoms with Gasteiger partial charge < -0.3 is 24.4 Å². The van der Waals surface area contributed by atoms with E-state index in [1.807, 2.05) is 43.4 Å². The predicted molar refractivity (Wildman–Crippen MR) is 133 cm³/mol. The first-order valence-electron chi connectivity index (χ1n) is 11.9. The van der Waals surface area contributed by atoms with Gasteiger partial charge in [0.1, 0.15) is 17.2 Å². The fourth-order valence-corrected chi connectivity index (χ4v) is 5.03. The van der Waals surface area contributed by atoms with Gasteiger partial charge in [0.05, 0.1) is 7.11 Å². The van der Waals surface area contributed by atoms with Crippen LogP contribution in [0.15, 0.2) is 42.5 Å². The number of esters is 1. The molecule has 1 aromatic carbocycles. The van der Waals surface area contributed by atoms with E-state index in [1.54, 1.807) is 6.92 Å². The topological polar surface area (TPSA) is 79.7 Å². The molecular formula is C26H31N5O3. The van der Waals surface area contributed by atoms with Gasteiger partial charge in [-0.15, -0.1) is 0 Å².